The first-order valence-corrected chi connectivity index (χ1v) is 6.08. The normalized spacial score (nSPS) is 24.2. The fraction of sp³-hybridized carbons (Fsp3) is 0.500. The molecule has 0 unspecified atom stereocenters. The lowest BCUT2D eigenvalue weighted by molar-refractivity contribution is 0.0342. The topological polar surface area (TPSA) is 45.0 Å². The molecule has 0 radical (unpaired) electrons. The number of benzene rings is 1. The van der Waals surface area contributed by atoms with Crippen LogP contribution in [-0.2, 0) is 11.2 Å². The summed E-state index contributed by atoms with van der Waals surface area (Å²) in [6.07, 6.45) is 1.96. The maximum absolute atomic E-state index is 9.07. The first-order valence-electron chi connectivity index (χ1n) is 6.08. The van der Waals surface area contributed by atoms with E-state index in [0.29, 0.717) is 12.0 Å². The standard InChI is InChI=1S/C14H18N2O/c1-16-14-6-7-17-10-13(14)8-11-4-2-3-5-12(11)9-15/h2-5,13-14,16H,6-8,10H2,1H3/t13-,14+/m0/s1. The van der Waals surface area contributed by atoms with Gasteiger partial charge in [0.1, 0.15) is 0 Å². The highest BCUT2D eigenvalue weighted by atomic mass is 16.5. The van der Waals surface area contributed by atoms with E-state index in [1.54, 1.807) is 0 Å². The molecule has 2 rings (SSSR count). The number of hydrogen-bond donors (Lipinski definition) is 1. The molecule has 0 saturated carbocycles. The third kappa shape index (κ3) is 2.85. The number of rotatable bonds is 3. The second-order valence-electron chi connectivity index (χ2n) is 4.49. The summed E-state index contributed by atoms with van der Waals surface area (Å²) in [6, 6.07) is 10.6. The molecule has 0 aromatic heterocycles. The van der Waals surface area contributed by atoms with Gasteiger partial charge in [0.2, 0.25) is 0 Å². The summed E-state index contributed by atoms with van der Waals surface area (Å²) < 4.78 is 5.54. The molecule has 1 aliphatic rings. The number of nitrogens with zero attached hydrogens (tertiary/aromatic N) is 1. The Kier molecular flexibility index (Phi) is 4.13. The van der Waals surface area contributed by atoms with E-state index in [0.717, 1.165) is 37.2 Å². The Hall–Kier alpha value is -1.37. The van der Waals surface area contributed by atoms with Crippen LogP contribution in [0.2, 0.25) is 0 Å². The Bertz CT molecular complexity index is 411. The molecule has 1 heterocycles. The van der Waals surface area contributed by atoms with Gasteiger partial charge in [-0.1, -0.05) is 18.2 Å². The van der Waals surface area contributed by atoms with Crippen molar-refractivity contribution in [2.75, 3.05) is 20.3 Å². The third-order valence-corrected chi connectivity index (χ3v) is 3.46. The SMILES string of the molecule is CN[C@@H]1CCOC[C@@H]1Cc1ccccc1C#N. The Morgan fingerprint density at radius 1 is 1.47 bits per heavy atom. The van der Waals surface area contributed by atoms with Gasteiger partial charge in [0, 0.05) is 18.6 Å². The highest BCUT2D eigenvalue weighted by Crippen LogP contribution is 2.21. The van der Waals surface area contributed by atoms with E-state index in [4.69, 9.17) is 10.00 Å². The second kappa shape index (κ2) is 5.81. The van der Waals surface area contributed by atoms with Crippen LogP contribution in [0.3, 0.4) is 0 Å². The minimum atomic E-state index is 0.461. The summed E-state index contributed by atoms with van der Waals surface area (Å²) in [6.45, 7) is 1.62. The maximum atomic E-state index is 9.07. The average molecular weight is 230 g/mol. The number of nitrogens with one attached hydrogen (secondary N) is 1. The summed E-state index contributed by atoms with van der Waals surface area (Å²) in [5.41, 5.74) is 1.92. The van der Waals surface area contributed by atoms with Gasteiger partial charge in [0.15, 0.2) is 0 Å². The van der Waals surface area contributed by atoms with Gasteiger partial charge < -0.3 is 10.1 Å². The van der Waals surface area contributed by atoms with E-state index >= 15 is 0 Å². The largest absolute Gasteiger partial charge is 0.381 e. The fourth-order valence-electron chi connectivity index (χ4n) is 2.47. The highest BCUT2D eigenvalue weighted by Gasteiger charge is 2.25. The zero-order valence-electron chi connectivity index (χ0n) is 10.1. The van der Waals surface area contributed by atoms with Gasteiger partial charge >= 0.3 is 0 Å². The zero-order valence-corrected chi connectivity index (χ0v) is 10.1. The molecule has 0 spiro atoms. The molecule has 0 bridgehead atoms. The van der Waals surface area contributed by atoms with Crippen LogP contribution in [0, 0.1) is 17.2 Å². The van der Waals surface area contributed by atoms with E-state index in [9.17, 15) is 0 Å². The molecule has 2 atom stereocenters. The Morgan fingerprint density at radius 3 is 3.06 bits per heavy atom. The van der Waals surface area contributed by atoms with Crippen molar-refractivity contribution in [1.82, 2.24) is 5.32 Å². The molecule has 3 nitrogen and oxygen atoms in total. The quantitative estimate of drug-likeness (QED) is 0.860. The Morgan fingerprint density at radius 2 is 2.29 bits per heavy atom. The van der Waals surface area contributed by atoms with Crippen molar-refractivity contribution in [3.63, 3.8) is 0 Å². The molecule has 1 N–H and O–H groups in total. The molecule has 3 heteroatoms. The third-order valence-electron chi connectivity index (χ3n) is 3.46. The van der Waals surface area contributed by atoms with Crippen molar-refractivity contribution in [2.24, 2.45) is 5.92 Å². The minimum absolute atomic E-state index is 0.461. The summed E-state index contributed by atoms with van der Waals surface area (Å²) in [4.78, 5) is 0. The number of nitriles is 1. The molecule has 0 amide bonds. The molecule has 1 aromatic carbocycles. The van der Waals surface area contributed by atoms with Crippen molar-refractivity contribution >= 4 is 0 Å². The zero-order chi connectivity index (χ0) is 12.1. The first kappa shape index (κ1) is 12.1. The van der Waals surface area contributed by atoms with Gasteiger partial charge in [-0.05, 0) is 31.5 Å². The molecule has 90 valence electrons. The van der Waals surface area contributed by atoms with Crippen LogP contribution in [0.5, 0.6) is 0 Å². The highest BCUT2D eigenvalue weighted by molar-refractivity contribution is 5.37. The molecule has 1 aromatic rings. The van der Waals surface area contributed by atoms with E-state index in [2.05, 4.69) is 11.4 Å². The van der Waals surface area contributed by atoms with Gasteiger partial charge in [-0.2, -0.15) is 5.26 Å². The molecular formula is C14H18N2O. The predicted octanol–water partition coefficient (Wildman–Crippen LogP) is 1.73. The van der Waals surface area contributed by atoms with Crippen LogP contribution >= 0.6 is 0 Å². The van der Waals surface area contributed by atoms with Crippen LogP contribution in [0.1, 0.15) is 17.5 Å². The van der Waals surface area contributed by atoms with Crippen LogP contribution in [0.25, 0.3) is 0 Å². The lowest BCUT2D eigenvalue weighted by atomic mass is 9.88. The van der Waals surface area contributed by atoms with E-state index in [1.165, 1.54) is 0 Å². The van der Waals surface area contributed by atoms with Gasteiger partial charge in [0.25, 0.3) is 0 Å². The Balaban J connectivity index is 2.11. The van der Waals surface area contributed by atoms with E-state index in [1.807, 2.05) is 31.3 Å². The molecule has 1 aliphatic heterocycles. The molecule has 0 aliphatic carbocycles. The van der Waals surface area contributed by atoms with Crippen LogP contribution < -0.4 is 5.32 Å². The lowest BCUT2D eigenvalue weighted by Crippen LogP contribution is -2.42. The maximum Gasteiger partial charge on any atom is 0.0994 e. The number of hydrogen-bond acceptors (Lipinski definition) is 3. The second-order valence-corrected chi connectivity index (χ2v) is 4.49. The average Bonchev–Trinajstić information content (AvgIpc) is 2.40. The van der Waals surface area contributed by atoms with Crippen LogP contribution in [0.15, 0.2) is 24.3 Å². The van der Waals surface area contributed by atoms with Crippen molar-refractivity contribution < 1.29 is 4.74 Å². The minimum Gasteiger partial charge on any atom is -0.381 e. The van der Waals surface area contributed by atoms with Crippen molar-refractivity contribution in [1.29, 1.82) is 5.26 Å². The monoisotopic (exact) mass is 230 g/mol. The molecule has 1 fully saturated rings. The van der Waals surface area contributed by atoms with Gasteiger partial charge in [-0.25, -0.2) is 0 Å². The first-order chi connectivity index (χ1) is 8.35. The fourth-order valence-corrected chi connectivity index (χ4v) is 2.47. The molecular weight excluding hydrogens is 212 g/mol. The summed E-state index contributed by atoms with van der Waals surface area (Å²) in [7, 11) is 2.00. The van der Waals surface area contributed by atoms with Gasteiger partial charge in [-0.3, -0.25) is 0 Å². The van der Waals surface area contributed by atoms with E-state index < -0.39 is 0 Å². The van der Waals surface area contributed by atoms with Gasteiger partial charge in [-0.15, -0.1) is 0 Å². The lowest BCUT2D eigenvalue weighted by Gasteiger charge is -2.31. The van der Waals surface area contributed by atoms with Crippen LogP contribution in [-0.4, -0.2) is 26.3 Å². The van der Waals surface area contributed by atoms with Crippen molar-refractivity contribution in [3.05, 3.63) is 35.4 Å². The van der Waals surface area contributed by atoms with Crippen molar-refractivity contribution in [2.45, 2.75) is 18.9 Å². The summed E-state index contributed by atoms with van der Waals surface area (Å²) in [5.74, 6) is 0.461. The van der Waals surface area contributed by atoms with Gasteiger partial charge in [0.05, 0.1) is 18.2 Å². The van der Waals surface area contributed by atoms with E-state index in [-0.39, 0.29) is 0 Å². The molecule has 17 heavy (non-hydrogen) atoms. The smallest absolute Gasteiger partial charge is 0.0994 e. The summed E-state index contributed by atoms with van der Waals surface area (Å²) in [5, 5.41) is 12.4. The van der Waals surface area contributed by atoms with Crippen molar-refractivity contribution in [3.8, 4) is 6.07 Å². The molecule has 1 saturated heterocycles. The predicted molar refractivity (Wildman–Crippen MR) is 66.6 cm³/mol. The summed E-state index contributed by atoms with van der Waals surface area (Å²) >= 11 is 0. The van der Waals surface area contributed by atoms with Crippen LogP contribution in [0.4, 0.5) is 0 Å². The Labute approximate surface area is 102 Å². The number of ether oxygens (including phenoxy) is 1.